The first-order chi connectivity index (χ1) is 35.5. The number of allylic oxidation sites excluding steroid dienone is 1. The summed E-state index contributed by atoms with van der Waals surface area (Å²) < 4.78 is 21.0. The summed E-state index contributed by atoms with van der Waals surface area (Å²) in [5.41, 5.74) is 6.69. The predicted octanol–water partition coefficient (Wildman–Crippen LogP) is -3.30. The van der Waals surface area contributed by atoms with Crippen molar-refractivity contribution in [1.29, 1.82) is 0 Å². The van der Waals surface area contributed by atoms with Crippen molar-refractivity contribution >= 4 is 92.9 Å². The summed E-state index contributed by atoms with van der Waals surface area (Å²) in [5.74, 6) is -14.1. The standard InChI is InChI=1S/C49H66N8O16S2/c1-5-23(2)44-47(69)52-18-41(64)53-33-22-75(72)39-12-25-10-28(73-9-8-56-43(66)17-38(74-4)49(56)71)6-7-29(25)31(39)15-32(46(68)51-19-42(65)55-44)54-45(67)30(24(3)37(62)21-58)16-36(61)34-14-27(59)20-57(34)48(70)26(11-35(33)60)13-40(50)63/h6-7,10,23-24,26-27,30,32-34,37-38,44,58-59,62H,5,8-9,11-22H2,1-4H3,(H2,50,63)(H,51,68)(H,52,69)(H,53,64)(H,54,67)(H,55,65)/t23-,24+,26-,27+,30-,32?,33-,34-,37-,38?,44-,75?/m0/s1. The van der Waals surface area contributed by atoms with E-state index in [2.05, 4.69) is 26.6 Å². The Kier molecular flexibility index (Phi) is 19.9. The Morgan fingerprint density at radius 1 is 0.893 bits per heavy atom. The summed E-state index contributed by atoms with van der Waals surface area (Å²) in [6.45, 7) is 1.86. The highest BCUT2D eigenvalue weighted by Gasteiger charge is 2.46. The monoisotopic (exact) mass is 1090 g/mol. The molecule has 0 saturated carbocycles. The lowest BCUT2D eigenvalue weighted by Crippen LogP contribution is -2.56. The van der Waals surface area contributed by atoms with Gasteiger partial charge >= 0.3 is 0 Å². The van der Waals surface area contributed by atoms with Gasteiger partial charge in [0.15, 0.2) is 11.6 Å². The molecule has 2 fully saturated rings. The fourth-order valence-corrected chi connectivity index (χ4v) is 12.2. The molecule has 26 heteroatoms. The number of nitrogens with two attached hydrogens (primary N) is 1. The number of ether oxygens (including phenoxy) is 1. The van der Waals surface area contributed by atoms with Crippen LogP contribution < -0.4 is 37.1 Å². The molecule has 0 radical (unpaired) electrons. The van der Waals surface area contributed by atoms with Gasteiger partial charge in [-0.15, -0.1) is 0 Å². The van der Waals surface area contributed by atoms with E-state index in [1.165, 1.54) is 18.7 Å². The van der Waals surface area contributed by atoms with E-state index in [0.717, 1.165) is 9.80 Å². The van der Waals surface area contributed by atoms with Gasteiger partial charge in [0.25, 0.3) is 0 Å². The number of ketones is 2. The largest absolute Gasteiger partial charge is 0.492 e. The molecular weight excluding hydrogens is 1020 g/mol. The number of aliphatic hydroxyl groups is 3. The Morgan fingerprint density at radius 3 is 2.24 bits per heavy atom. The number of hydrogen-bond acceptors (Lipinski definition) is 17. The van der Waals surface area contributed by atoms with Crippen LogP contribution in [-0.2, 0) is 70.0 Å². The Labute approximate surface area is 439 Å². The molecule has 1 aromatic rings. The molecule has 10 N–H and O–H groups in total. The summed E-state index contributed by atoms with van der Waals surface area (Å²) in [5, 5.41) is 44.0. The average molecular weight is 1090 g/mol. The van der Waals surface area contributed by atoms with Crippen LogP contribution in [0.15, 0.2) is 23.1 Å². The number of rotatable bonds is 12. The number of carbonyl (C=O) groups is 11. The highest BCUT2D eigenvalue weighted by molar-refractivity contribution is 8.00. The van der Waals surface area contributed by atoms with Gasteiger partial charge in [0.2, 0.25) is 53.2 Å². The number of amides is 9. The molecule has 2 saturated heterocycles. The van der Waals surface area contributed by atoms with Gasteiger partial charge in [-0.2, -0.15) is 11.8 Å². The van der Waals surface area contributed by atoms with E-state index < -0.39 is 187 Å². The first-order valence-corrected chi connectivity index (χ1v) is 27.4. The van der Waals surface area contributed by atoms with Crippen LogP contribution in [0.2, 0.25) is 0 Å². The molecule has 75 heavy (non-hydrogen) atoms. The lowest BCUT2D eigenvalue weighted by Gasteiger charge is -2.32. The number of Topliss-reactive ketones (excluding diaryl/α,β-unsaturated/α-hetero) is 2. The zero-order valence-electron chi connectivity index (χ0n) is 42.1. The van der Waals surface area contributed by atoms with E-state index in [0.29, 0.717) is 17.5 Å². The van der Waals surface area contributed by atoms with E-state index in [9.17, 15) is 68.1 Å². The highest BCUT2D eigenvalue weighted by Crippen LogP contribution is 2.40. The minimum atomic E-state index is -2.28. The number of likely N-dealkylation sites (tertiary alicyclic amines) is 1. The zero-order valence-corrected chi connectivity index (χ0v) is 43.8. The fraction of sp³-hybridized carbons (Fsp3) is 0.612. The summed E-state index contributed by atoms with van der Waals surface area (Å²) in [6, 6.07) is -1.29. The van der Waals surface area contributed by atoms with Crippen molar-refractivity contribution in [2.45, 2.75) is 114 Å². The third-order valence-corrected chi connectivity index (χ3v) is 17.1. The Hall–Kier alpha value is -6.09. The molecule has 1 aliphatic carbocycles. The van der Waals surface area contributed by atoms with Gasteiger partial charge in [-0.1, -0.05) is 33.3 Å². The lowest BCUT2D eigenvalue weighted by molar-refractivity contribution is -0.145. The smallest absolute Gasteiger partial charge is 0.243 e. The van der Waals surface area contributed by atoms with E-state index in [1.54, 1.807) is 38.3 Å². The van der Waals surface area contributed by atoms with Gasteiger partial charge < -0.3 is 57.3 Å². The van der Waals surface area contributed by atoms with E-state index in [4.69, 9.17) is 10.5 Å². The van der Waals surface area contributed by atoms with Gasteiger partial charge in [-0.05, 0) is 46.9 Å². The second-order valence-electron chi connectivity index (χ2n) is 19.6. The van der Waals surface area contributed by atoms with Crippen molar-refractivity contribution in [2.75, 3.05) is 51.4 Å². The van der Waals surface area contributed by atoms with Crippen LogP contribution in [-0.4, -0.2) is 187 Å². The predicted molar refractivity (Wildman–Crippen MR) is 269 cm³/mol. The normalized spacial score (nSPS) is 29.1. The quantitative estimate of drug-likeness (QED) is 0.0926. The number of benzene rings is 1. The molecule has 6 rings (SSSR count). The summed E-state index contributed by atoms with van der Waals surface area (Å²) in [7, 11) is -2.28. The van der Waals surface area contributed by atoms with Crippen LogP contribution in [0.4, 0.5) is 0 Å². The maximum Gasteiger partial charge on any atom is 0.243 e. The van der Waals surface area contributed by atoms with E-state index >= 15 is 4.21 Å². The van der Waals surface area contributed by atoms with Crippen molar-refractivity contribution in [3.63, 3.8) is 0 Å². The Morgan fingerprint density at radius 2 is 1.59 bits per heavy atom. The number of thioether (sulfide) groups is 1. The van der Waals surface area contributed by atoms with E-state index in [-0.39, 0.29) is 60.5 Å². The Balaban J connectivity index is 1.48. The van der Waals surface area contributed by atoms with Crippen LogP contribution in [0.5, 0.6) is 5.75 Å². The van der Waals surface area contributed by atoms with E-state index in [1.807, 2.05) is 0 Å². The number of carbonyl (C=O) groups excluding carboxylic acids is 11. The summed E-state index contributed by atoms with van der Waals surface area (Å²) in [4.78, 5) is 154. The van der Waals surface area contributed by atoms with Gasteiger partial charge in [0.1, 0.15) is 24.4 Å². The summed E-state index contributed by atoms with van der Waals surface area (Å²) >= 11 is 1.26. The third kappa shape index (κ3) is 14.0. The SMILES string of the molecule is CC[C@H](C)[C@@H]1NC(=O)CNC(=O)C2CC3=C(Cc4cc(OCCN5C(=O)CC(SC)C5=O)ccc43)S(=O)C[C@H](NC(=O)CNC1=O)C(=O)C[C@@H](CC(N)=O)C(=O)N1C[C@H](O)C[C@H]1C(=O)C[C@@H]([C@@H](C)[C@@H](O)CO)C(=O)N2. The first-order valence-electron chi connectivity index (χ1n) is 24.8. The van der Waals surface area contributed by atoms with Gasteiger partial charge in [-0.3, -0.25) is 61.8 Å². The van der Waals surface area contributed by atoms with Crippen LogP contribution >= 0.6 is 11.8 Å². The van der Waals surface area contributed by atoms with Crippen LogP contribution in [0.25, 0.3) is 5.57 Å². The molecule has 12 atom stereocenters. The minimum Gasteiger partial charge on any atom is -0.492 e. The van der Waals surface area contributed by atoms with Gasteiger partial charge in [0.05, 0.1) is 78.3 Å². The zero-order chi connectivity index (χ0) is 55.0. The van der Waals surface area contributed by atoms with Crippen molar-refractivity contribution in [3.05, 3.63) is 34.2 Å². The number of hydrogen-bond donors (Lipinski definition) is 9. The van der Waals surface area contributed by atoms with Crippen molar-refractivity contribution < 1.29 is 77.0 Å². The molecule has 4 heterocycles. The number of nitrogens with one attached hydrogen (secondary N) is 5. The van der Waals surface area contributed by atoms with Crippen LogP contribution in [0, 0.1) is 23.7 Å². The third-order valence-electron chi connectivity index (χ3n) is 14.5. The average Bonchev–Trinajstić information content (AvgIpc) is 4.04. The number of aliphatic hydroxyl groups excluding tert-OH is 3. The van der Waals surface area contributed by atoms with Crippen LogP contribution in [0.1, 0.15) is 76.8 Å². The molecular formula is C49H66N8O16S2. The number of fused-ring (bicyclic) bond motifs is 5. The Bertz CT molecular complexity index is 2530. The first kappa shape index (κ1) is 58.2. The molecule has 5 aliphatic rings. The maximum atomic E-state index is 15.1. The lowest BCUT2D eigenvalue weighted by atomic mass is 9.83. The molecule has 24 nitrogen and oxygen atoms in total. The van der Waals surface area contributed by atoms with Crippen molar-refractivity contribution in [3.8, 4) is 5.75 Å². The molecule has 2 bridgehead atoms. The second-order valence-corrected chi connectivity index (χ2v) is 22.2. The molecule has 410 valence electrons. The second kappa shape index (κ2) is 25.6. The molecule has 9 amide bonds. The molecule has 0 spiro atoms. The molecule has 1 aromatic carbocycles. The highest BCUT2D eigenvalue weighted by atomic mass is 32.2. The van der Waals surface area contributed by atoms with Gasteiger partial charge in [-0.25, -0.2) is 0 Å². The summed E-state index contributed by atoms with van der Waals surface area (Å²) in [6.07, 6.45) is -3.92. The van der Waals surface area contributed by atoms with Gasteiger partial charge in [0, 0.05) is 62.3 Å². The van der Waals surface area contributed by atoms with Crippen molar-refractivity contribution in [2.24, 2.45) is 29.4 Å². The molecule has 4 aliphatic heterocycles. The molecule has 0 aromatic heterocycles. The maximum absolute atomic E-state index is 15.1. The van der Waals surface area contributed by atoms with Crippen LogP contribution in [0.3, 0.4) is 0 Å². The number of imide groups is 1. The number of nitrogens with zero attached hydrogens (tertiary/aromatic N) is 2. The fourth-order valence-electron chi connectivity index (χ4n) is 9.97. The molecule has 3 unspecified atom stereocenters. The minimum absolute atomic E-state index is 0.0464. The van der Waals surface area contributed by atoms with Crippen molar-refractivity contribution in [1.82, 2.24) is 36.4 Å². The number of primary amides is 1. The topological polar surface area (TPSA) is 367 Å².